The molecule has 31 heavy (non-hydrogen) atoms. The van der Waals surface area contributed by atoms with Crippen LogP contribution in [0, 0.1) is 0 Å². The normalized spacial score (nSPS) is 15.6. The topological polar surface area (TPSA) is 110 Å². The van der Waals surface area contributed by atoms with Crippen molar-refractivity contribution in [2.75, 3.05) is 12.4 Å². The minimum absolute atomic E-state index is 0.0510. The molecule has 0 saturated carbocycles. The highest BCUT2D eigenvalue weighted by molar-refractivity contribution is 7.88. The third-order valence-corrected chi connectivity index (χ3v) is 6.01. The molecule has 8 nitrogen and oxygen atoms in total. The van der Waals surface area contributed by atoms with E-state index in [1.54, 1.807) is 26.0 Å². The molecule has 2 heterocycles. The maximum atomic E-state index is 12.6. The first-order chi connectivity index (χ1) is 14.3. The summed E-state index contributed by atoms with van der Waals surface area (Å²) in [5.74, 6) is -0.293. The number of carbonyl (C=O) groups excluding carboxylic acids is 1. The predicted octanol–water partition coefficient (Wildman–Crippen LogP) is 3.70. The Labute approximate surface area is 174 Å². The Hall–Kier alpha value is -3.28. The molecule has 0 spiro atoms. The number of aromatic amines is 1. The molecule has 0 saturated heterocycles. The van der Waals surface area contributed by atoms with Crippen LogP contribution in [-0.2, 0) is 20.3 Å². The number of anilines is 1. The number of hydrogen-bond donors (Lipinski definition) is 2. The zero-order valence-electron chi connectivity index (χ0n) is 16.4. The molecule has 0 bridgehead atoms. The number of methoxy groups -OCH3 is 1. The molecule has 0 unspecified atom stereocenters. The Morgan fingerprint density at radius 1 is 1.13 bits per heavy atom. The maximum absolute atomic E-state index is 12.6. The van der Waals surface area contributed by atoms with E-state index < -0.39 is 26.8 Å². The zero-order valence-corrected chi connectivity index (χ0v) is 17.2. The van der Waals surface area contributed by atoms with Gasteiger partial charge in [0, 0.05) is 11.8 Å². The Morgan fingerprint density at radius 3 is 2.48 bits per heavy atom. The molecule has 0 fully saturated rings. The zero-order chi connectivity index (χ0) is 22.8. The van der Waals surface area contributed by atoms with Crippen LogP contribution in [0.1, 0.15) is 19.4 Å². The molecule has 1 amide bonds. The van der Waals surface area contributed by atoms with E-state index in [4.69, 9.17) is 4.74 Å². The number of carbonyl (C=O) groups is 1. The van der Waals surface area contributed by atoms with Crippen molar-refractivity contribution >= 4 is 32.7 Å². The van der Waals surface area contributed by atoms with Gasteiger partial charge >= 0.3 is 15.6 Å². The average molecular weight is 455 g/mol. The predicted molar refractivity (Wildman–Crippen MR) is 105 cm³/mol. The molecule has 1 aliphatic heterocycles. The first-order valence-corrected chi connectivity index (χ1v) is 10.3. The van der Waals surface area contributed by atoms with Crippen LogP contribution < -0.4 is 14.2 Å². The van der Waals surface area contributed by atoms with E-state index in [9.17, 15) is 26.4 Å². The van der Waals surface area contributed by atoms with E-state index >= 15 is 0 Å². The van der Waals surface area contributed by atoms with Gasteiger partial charge in [-0.25, -0.2) is 4.98 Å². The number of rotatable bonds is 4. The van der Waals surface area contributed by atoms with Crippen molar-refractivity contribution in [3.8, 4) is 22.9 Å². The highest BCUT2D eigenvalue weighted by atomic mass is 32.2. The number of fused-ring (bicyclic) bond motifs is 2. The van der Waals surface area contributed by atoms with Gasteiger partial charge in [-0.05, 0) is 43.7 Å². The lowest BCUT2D eigenvalue weighted by molar-refractivity contribution is -0.119. The summed E-state index contributed by atoms with van der Waals surface area (Å²) in [4.78, 5) is 19.7. The third kappa shape index (κ3) is 3.36. The first kappa shape index (κ1) is 21.0. The second-order valence-corrected chi connectivity index (χ2v) is 8.96. The van der Waals surface area contributed by atoms with Crippen LogP contribution in [0.4, 0.5) is 18.9 Å². The molecule has 12 heteroatoms. The van der Waals surface area contributed by atoms with Gasteiger partial charge in [-0.1, -0.05) is 0 Å². The highest BCUT2D eigenvalue weighted by Crippen LogP contribution is 2.40. The van der Waals surface area contributed by atoms with Gasteiger partial charge in [0.2, 0.25) is 5.91 Å². The molecule has 0 atom stereocenters. The van der Waals surface area contributed by atoms with Crippen molar-refractivity contribution < 1.29 is 35.3 Å². The van der Waals surface area contributed by atoms with Crippen LogP contribution >= 0.6 is 0 Å². The average Bonchev–Trinajstić information content (AvgIpc) is 3.17. The number of hydrogen-bond acceptors (Lipinski definition) is 6. The summed E-state index contributed by atoms with van der Waals surface area (Å²) in [7, 11) is -4.53. The fourth-order valence-corrected chi connectivity index (χ4v) is 3.75. The van der Waals surface area contributed by atoms with Crippen molar-refractivity contribution in [2.45, 2.75) is 24.8 Å². The summed E-state index contributed by atoms with van der Waals surface area (Å²) in [6, 6.07) is 6.94. The van der Waals surface area contributed by atoms with Crippen molar-refractivity contribution in [1.82, 2.24) is 9.97 Å². The molecule has 1 aliphatic rings. The highest BCUT2D eigenvalue weighted by Gasteiger charge is 2.48. The number of H-pyrrole nitrogens is 1. The monoisotopic (exact) mass is 455 g/mol. The second kappa shape index (κ2) is 6.61. The molecule has 3 aromatic rings. The minimum atomic E-state index is -5.81. The SMILES string of the molecule is COc1cc(OS(=O)(=O)C(F)(F)F)ccc1-c1nc2cc3c(cc2[nH]1)NC(=O)C3(C)C. The number of aromatic nitrogens is 2. The van der Waals surface area contributed by atoms with Crippen molar-refractivity contribution in [3.05, 3.63) is 35.9 Å². The van der Waals surface area contributed by atoms with Crippen LogP contribution in [0.15, 0.2) is 30.3 Å². The summed E-state index contributed by atoms with van der Waals surface area (Å²) < 4.78 is 69.5. The van der Waals surface area contributed by atoms with Crippen LogP contribution in [0.25, 0.3) is 22.4 Å². The summed E-state index contributed by atoms with van der Waals surface area (Å²) in [6.07, 6.45) is 0. The van der Waals surface area contributed by atoms with Gasteiger partial charge < -0.3 is 19.2 Å². The van der Waals surface area contributed by atoms with E-state index in [1.165, 1.54) is 13.2 Å². The van der Waals surface area contributed by atoms with E-state index in [2.05, 4.69) is 19.5 Å². The number of imidazole rings is 1. The summed E-state index contributed by atoms with van der Waals surface area (Å²) in [5, 5.41) is 2.82. The summed E-state index contributed by atoms with van der Waals surface area (Å²) in [6.45, 7) is 3.59. The molecule has 2 N–H and O–H groups in total. The fourth-order valence-electron chi connectivity index (χ4n) is 3.30. The minimum Gasteiger partial charge on any atom is -0.496 e. The molecular formula is C19H16F3N3O5S. The van der Waals surface area contributed by atoms with Crippen LogP contribution in [0.2, 0.25) is 0 Å². The standard InChI is InChI=1S/C19H16F3N3O5S/c1-18(2)11-7-13-14(8-12(11)25-17(18)26)24-16(23-13)10-5-4-9(6-15(10)29-3)30-31(27,28)19(20,21)22/h4-8H,1-3H3,(H,23,24)(H,25,26). The first-order valence-electron chi connectivity index (χ1n) is 8.88. The van der Waals surface area contributed by atoms with E-state index in [-0.39, 0.29) is 11.7 Å². The number of alkyl halides is 3. The molecule has 0 aliphatic carbocycles. The summed E-state index contributed by atoms with van der Waals surface area (Å²) >= 11 is 0. The molecule has 0 radical (unpaired) electrons. The number of nitrogens with zero attached hydrogens (tertiary/aromatic N) is 1. The number of benzene rings is 2. The Balaban J connectivity index is 1.74. The lowest BCUT2D eigenvalue weighted by Gasteiger charge is -2.14. The van der Waals surface area contributed by atoms with Gasteiger partial charge in [0.15, 0.2) is 0 Å². The number of amides is 1. The van der Waals surface area contributed by atoms with Crippen LogP contribution in [-0.4, -0.2) is 36.9 Å². The van der Waals surface area contributed by atoms with Crippen LogP contribution in [0.3, 0.4) is 0 Å². The van der Waals surface area contributed by atoms with Gasteiger partial charge in [-0.2, -0.15) is 21.6 Å². The fraction of sp³-hybridized carbons (Fsp3) is 0.263. The molecular weight excluding hydrogens is 439 g/mol. The lowest BCUT2D eigenvalue weighted by atomic mass is 9.86. The largest absolute Gasteiger partial charge is 0.534 e. The van der Waals surface area contributed by atoms with Gasteiger partial charge in [0.25, 0.3) is 0 Å². The van der Waals surface area contributed by atoms with Crippen molar-refractivity contribution in [1.29, 1.82) is 0 Å². The Kier molecular flexibility index (Phi) is 4.47. The third-order valence-electron chi connectivity index (χ3n) is 5.03. The maximum Gasteiger partial charge on any atom is 0.534 e. The van der Waals surface area contributed by atoms with Gasteiger partial charge in [0.1, 0.15) is 17.3 Å². The number of halogens is 3. The second-order valence-electron chi connectivity index (χ2n) is 7.42. The van der Waals surface area contributed by atoms with Gasteiger partial charge in [-0.3, -0.25) is 4.79 Å². The van der Waals surface area contributed by atoms with E-state index in [1.807, 2.05) is 0 Å². The molecule has 4 rings (SSSR count). The Bertz CT molecular complexity index is 1330. The summed E-state index contributed by atoms with van der Waals surface area (Å²) in [5.41, 5.74) is -3.26. The lowest BCUT2D eigenvalue weighted by Crippen LogP contribution is -2.28. The van der Waals surface area contributed by atoms with Gasteiger partial charge in [-0.15, -0.1) is 0 Å². The smallest absolute Gasteiger partial charge is 0.496 e. The van der Waals surface area contributed by atoms with E-state index in [0.29, 0.717) is 28.1 Å². The van der Waals surface area contributed by atoms with Crippen LogP contribution in [0.5, 0.6) is 11.5 Å². The quantitative estimate of drug-likeness (QED) is 0.459. The van der Waals surface area contributed by atoms with Crippen molar-refractivity contribution in [3.63, 3.8) is 0 Å². The molecule has 2 aromatic carbocycles. The number of ether oxygens (including phenoxy) is 1. The molecule has 164 valence electrons. The molecule has 1 aromatic heterocycles. The van der Waals surface area contributed by atoms with Gasteiger partial charge in [0.05, 0.1) is 29.1 Å². The van der Waals surface area contributed by atoms with E-state index in [0.717, 1.165) is 17.7 Å². The van der Waals surface area contributed by atoms with Crippen molar-refractivity contribution in [2.24, 2.45) is 0 Å². The Morgan fingerprint density at radius 2 is 1.84 bits per heavy atom. The number of nitrogens with one attached hydrogen (secondary N) is 2.